The zero-order chi connectivity index (χ0) is 8.27. The minimum absolute atomic E-state index is 0.0925. The SMILES string of the molecule is CC[C@@H](N)c1cccc(C)n1. The van der Waals surface area contributed by atoms with Gasteiger partial charge in [0.1, 0.15) is 0 Å². The molecule has 1 aromatic heterocycles. The van der Waals surface area contributed by atoms with E-state index in [1.807, 2.05) is 25.1 Å². The number of nitrogens with zero attached hydrogens (tertiary/aromatic N) is 1. The van der Waals surface area contributed by atoms with E-state index in [0.717, 1.165) is 17.8 Å². The lowest BCUT2D eigenvalue weighted by atomic mass is 10.1. The summed E-state index contributed by atoms with van der Waals surface area (Å²) in [6, 6.07) is 6.04. The summed E-state index contributed by atoms with van der Waals surface area (Å²) < 4.78 is 0. The van der Waals surface area contributed by atoms with E-state index < -0.39 is 0 Å². The lowest BCUT2D eigenvalue weighted by molar-refractivity contribution is 0.673. The second-order valence-corrected chi connectivity index (χ2v) is 2.72. The van der Waals surface area contributed by atoms with Crippen molar-refractivity contribution in [2.75, 3.05) is 0 Å². The summed E-state index contributed by atoms with van der Waals surface area (Å²) in [5, 5.41) is 0. The molecule has 0 radical (unpaired) electrons. The van der Waals surface area contributed by atoms with E-state index >= 15 is 0 Å². The van der Waals surface area contributed by atoms with Gasteiger partial charge in [0.05, 0.1) is 5.69 Å². The summed E-state index contributed by atoms with van der Waals surface area (Å²) in [6.45, 7) is 4.04. The van der Waals surface area contributed by atoms with Gasteiger partial charge in [0.25, 0.3) is 0 Å². The zero-order valence-corrected chi connectivity index (χ0v) is 7.04. The van der Waals surface area contributed by atoms with Crippen LogP contribution in [0.4, 0.5) is 0 Å². The molecule has 2 N–H and O–H groups in total. The molecule has 1 atom stereocenters. The molecular weight excluding hydrogens is 136 g/mol. The summed E-state index contributed by atoms with van der Waals surface area (Å²) in [6.07, 6.45) is 0.941. The number of hydrogen-bond acceptors (Lipinski definition) is 2. The summed E-state index contributed by atoms with van der Waals surface area (Å²) in [5.41, 5.74) is 7.83. The molecule has 0 aliphatic carbocycles. The van der Waals surface area contributed by atoms with Crippen molar-refractivity contribution in [1.29, 1.82) is 0 Å². The third-order valence-corrected chi connectivity index (χ3v) is 1.73. The molecule has 11 heavy (non-hydrogen) atoms. The molecule has 2 heteroatoms. The van der Waals surface area contributed by atoms with Gasteiger partial charge in [0.2, 0.25) is 0 Å². The fourth-order valence-corrected chi connectivity index (χ4v) is 0.980. The lowest BCUT2D eigenvalue weighted by Crippen LogP contribution is -2.10. The molecule has 0 saturated heterocycles. The van der Waals surface area contributed by atoms with Crippen LogP contribution in [-0.4, -0.2) is 4.98 Å². The van der Waals surface area contributed by atoms with Gasteiger partial charge in [-0.3, -0.25) is 4.98 Å². The molecular formula is C9H14N2. The standard InChI is InChI=1S/C9H14N2/c1-3-8(10)9-6-4-5-7(2)11-9/h4-6,8H,3,10H2,1-2H3/t8-/m1/s1. The molecule has 0 aliphatic rings. The molecule has 0 unspecified atom stereocenters. The Hall–Kier alpha value is -0.890. The first-order valence-electron chi connectivity index (χ1n) is 3.93. The van der Waals surface area contributed by atoms with Gasteiger partial charge in [0, 0.05) is 11.7 Å². The molecule has 0 aliphatic heterocycles. The van der Waals surface area contributed by atoms with Gasteiger partial charge in [0.15, 0.2) is 0 Å². The van der Waals surface area contributed by atoms with Crippen LogP contribution < -0.4 is 5.73 Å². The van der Waals surface area contributed by atoms with Crippen molar-refractivity contribution in [2.24, 2.45) is 5.73 Å². The lowest BCUT2D eigenvalue weighted by Gasteiger charge is -2.07. The zero-order valence-electron chi connectivity index (χ0n) is 7.04. The fourth-order valence-electron chi connectivity index (χ4n) is 0.980. The number of pyridine rings is 1. The molecule has 0 spiro atoms. The maximum Gasteiger partial charge on any atom is 0.0574 e. The van der Waals surface area contributed by atoms with E-state index in [4.69, 9.17) is 5.73 Å². The van der Waals surface area contributed by atoms with Gasteiger partial charge in [-0.1, -0.05) is 13.0 Å². The Balaban J connectivity index is 2.86. The van der Waals surface area contributed by atoms with Crippen LogP contribution in [0.5, 0.6) is 0 Å². The molecule has 0 bridgehead atoms. The average molecular weight is 150 g/mol. The molecule has 1 heterocycles. The number of hydrogen-bond donors (Lipinski definition) is 1. The first-order valence-corrected chi connectivity index (χ1v) is 3.93. The summed E-state index contributed by atoms with van der Waals surface area (Å²) >= 11 is 0. The van der Waals surface area contributed by atoms with Crippen molar-refractivity contribution in [3.63, 3.8) is 0 Å². The number of rotatable bonds is 2. The van der Waals surface area contributed by atoms with E-state index in [1.54, 1.807) is 0 Å². The molecule has 60 valence electrons. The summed E-state index contributed by atoms with van der Waals surface area (Å²) in [5.74, 6) is 0. The first-order chi connectivity index (χ1) is 5.24. The predicted molar refractivity (Wildman–Crippen MR) is 46.2 cm³/mol. The van der Waals surface area contributed by atoms with Gasteiger partial charge in [-0.05, 0) is 25.5 Å². The van der Waals surface area contributed by atoms with Crippen LogP contribution in [0.1, 0.15) is 30.8 Å². The van der Waals surface area contributed by atoms with Gasteiger partial charge in [-0.25, -0.2) is 0 Å². The van der Waals surface area contributed by atoms with Crippen molar-refractivity contribution in [1.82, 2.24) is 4.98 Å². The quantitative estimate of drug-likeness (QED) is 0.698. The topological polar surface area (TPSA) is 38.9 Å². The third kappa shape index (κ3) is 2.02. The first kappa shape index (κ1) is 8.21. The van der Waals surface area contributed by atoms with E-state index in [-0.39, 0.29) is 6.04 Å². The van der Waals surface area contributed by atoms with E-state index in [0.29, 0.717) is 0 Å². The second kappa shape index (κ2) is 3.49. The monoisotopic (exact) mass is 150 g/mol. The highest BCUT2D eigenvalue weighted by Crippen LogP contribution is 2.10. The smallest absolute Gasteiger partial charge is 0.0574 e. The number of aromatic nitrogens is 1. The molecule has 0 fully saturated rings. The molecule has 0 amide bonds. The number of aryl methyl sites for hydroxylation is 1. The summed E-state index contributed by atoms with van der Waals surface area (Å²) in [7, 11) is 0. The Kier molecular flexibility index (Phi) is 2.60. The Labute approximate surface area is 67.5 Å². The Bertz CT molecular complexity index is 233. The van der Waals surface area contributed by atoms with Crippen LogP contribution in [0.25, 0.3) is 0 Å². The van der Waals surface area contributed by atoms with Crippen LogP contribution in [0.15, 0.2) is 18.2 Å². The fraction of sp³-hybridized carbons (Fsp3) is 0.444. The van der Waals surface area contributed by atoms with Crippen LogP contribution in [0.3, 0.4) is 0 Å². The average Bonchev–Trinajstić information content (AvgIpc) is 2.03. The van der Waals surface area contributed by atoms with E-state index in [1.165, 1.54) is 0 Å². The van der Waals surface area contributed by atoms with Crippen LogP contribution in [-0.2, 0) is 0 Å². The largest absolute Gasteiger partial charge is 0.323 e. The third-order valence-electron chi connectivity index (χ3n) is 1.73. The van der Waals surface area contributed by atoms with Gasteiger partial charge in [-0.15, -0.1) is 0 Å². The highest BCUT2D eigenvalue weighted by molar-refractivity contribution is 5.12. The molecule has 0 saturated carbocycles. The maximum atomic E-state index is 5.80. The molecule has 1 rings (SSSR count). The summed E-state index contributed by atoms with van der Waals surface area (Å²) in [4.78, 5) is 4.32. The highest BCUT2D eigenvalue weighted by Gasteiger charge is 2.02. The van der Waals surface area contributed by atoms with Gasteiger partial charge >= 0.3 is 0 Å². The molecule has 0 aromatic carbocycles. The maximum absolute atomic E-state index is 5.80. The minimum atomic E-state index is 0.0925. The normalized spacial score (nSPS) is 13.0. The van der Waals surface area contributed by atoms with Crippen molar-refractivity contribution in [3.8, 4) is 0 Å². The van der Waals surface area contributed by atoms with Crippen molar-refractivity contribution in [3.05, 3.63) is 29.6 Å². The van der Waals surface area contributed by atoms with Crippen LogP contribution in [0.2, 0.25) is 0 Å². The predicted octanol–water partition coefficient (Wildman–Crippen LogP) is 1.80. The van der Waals surface area contributed by atoms with Crippen molar-refractivity contribution < 1.29 is 0 Å². The molecule has 2 nitrogen and oxygen atoms in total. The Morgan fingerprint density at radius 2 is 2.27 bits per heavy atom. The van der Waals surface area contributed by atoms with Crippen molar-refractivity contribution >= 4 is 0 Å². The van der Waals surface area contributed by atoms with Crippen molar-refractivity contribution in [2.45, 2.75) is 26.3 Å². The Morgan fingerprint density at radius 3 is 2.82 bits per heavy atom. The minimum Gasteiger partial charge on any atom is -0.323 e. The van der Waals surface area contributed by atoms with E-state index in [2.05, 4.69) is 11.9 Å². The van der Waals surface area contributed by atoms with E-state index in [9.17, 15) is 0 Å². The Morgan fingerprint density at radius 1 is 1.55 bits per heavy atom. The van der Waals surface area contributed by atoms with Gasteiger partial charge in [-0.2, -0.15) is 0 Å². The van der Waals surface area contributed by atoms with Crippen LogP contribution in [0, 0.1) is 6.92 Å². The molecule has 1 aromatic rings. The van der Waals surface area contributed by atoms with Gasteiger partial charge < -0.3 is 5.73 Å². The number of nitrogens with two attached hydrogens (primary N) is 1. The highest BCUT2D eigenvalue weighted by atomic mass is 14.8. The second-order valence-electron chi connectivity index (χ2n) is 2.72. The van der Waals surface area contributed by atoms with Crippen LogP contribution >= 0.6 is 0 Å².